The number of primary amides is 1. The molecular formula is C12H12F2N4O4. The van der Waals surface area contributed by atoms with Gasteiger partial charge in [0, 0.05) is 17.3 Å². The van der Waals surface area contributed by atoms with Crippen LogP contribution in [0.5, 0.6) is 0 Å². The molecule has 1 saturated heterocycles. The fourth-order valence-electron chi connectivity index (χ4n) is 2.08. The Balaban J connectivity index is 2.59. The molecule has 2 atom stereocenters. The van der Waals surface area contributed by atoms with E-state index in [1.165, 1.54) is 0 Å². The number of rotatable bonds is 3. The SMILES string of the molecule is NC(=O)c1cn(C2OC(CO)C(=C/F)/C2=C\F)c(=O)nc1N. The third-order valence-corrected chi connectivity index (χ3v) is 3.14. The third-order valence-electron chi connectivity index (χ3n) is 3.14. The van der Waals surface area contributed by atoms with Gasteiger partial charge in [0.25, 0.3) is 5.91 Å². The van der Waals surface area contributed by atoms with Crippen molar-refractivity contribution in [3.63, 3.8) is 0 Å². The van der Waals surface area contributed by atoms with Crippen molar-refractivity contribution in [1.29, 1.82) is 0 Å². The summed E-state index contributed by atoms with van der Waals surface area (Å²) in [5, 5.41) is 9.12. The molecule has 5 N–H and O–H groups in total. The van der Waals surface area contributed by atoms with Crippen LogP contribution in [0.4, 0.5) is 14.6 Å². The first-order chi connectivity index (χ1) is 10.4. The molecule has 22 heavy (non-hydrogen) atoms. The summed E-state index contributed by atoms with van der Waals surface area (Å²) < 4.78 is 31.9. The van der Waals surface area contributed by atoms with Gasteiger partial charge in [0.05, 0.1) is 24.8 Å². The van der Waals surface area contributed by atoms with E-state index in [1.807, 2.05) is 0 Å². The van der Waals surface area contributed by atoms with Gasteiger partial charge in [0.1, 0.15) is 11.9 Å². The Bertz CT molecular complexity index is 728. The molecule has 0 aromatic carbocycles. The fourth-order valence-corrected chi connectivity index (χ4v) is 2.08. The van der Waals surface area contributed by atoms with Crippen molar-refractivity contribution in [3.05, 3.63) is 46.1 Å². The number of carbonyl (C=O) groups is 1. The van der Waals surface area contributed by atoms with Gasteiger partial charge < -0.3 is 21.3 Å². The highest BCUT2D eigenvalue weighted by Gasteiger charge is 2.37. The van der Waals surface area contributed by atoms with E-state index in [4.69, 9.17) is 21.3 Å². The summed E-state index contributed by atoms with van der Waals surface area (Å²) in [5.74, 6) is -1.35. The lowest BCUT2D eigenvalue weighted by atomic mass is 10.1. The number of halogens is 2. The van der Waals surface area contributed by atoms with E-state index in [0.717, 1.165) is 10.8 Å². The predicted molar refractivity (Wildman–Crippen MR) is 70.8 cm³/mol. The highest BCUT2D eigenvalue weighted by Crippen LogP contribution is 2.38. The molecule has 1 aromatic rings. The molecule has 2 unspecified atom stereocenters. The topological polar surface area (TPSA) is 133 Å². The second kappa shape index (κ2) is 6.03. The summed E-state index contributed by atoms with van der Waals surface area (Å²) in [6.45, 7) is -0.635. The van der Waals surface area contributed by atoms with Crippen LogP contribution in [0.15, 0.2) is 34.8 Å². The summed E-state index contributed by atoms with van der Waals surface area (Å²) >= 11 is 0. The number of ether oxygens (including phenoxy) is 1. The molecule has 0 spiro atoms. The van der Waals surface area contributed by atoms with Gasteiger partial charge in [-0.15, -0.1) is 0 Å². The van der Waals surface area contributed by atoms with Crippen molar-refractivity contribution < 1.29 is 23.4 Å². The molecule has 8 nitrogen and oxygen atoms in total. The van der Waals surface area contributed by atoms with E-state index in [2.05, 4.69) is 4.98 Å². The normalized spacial score (nSPS) is 25.0. The van der Waals surface area contributed by atoms with Crippen LogP contribution in [0.3, 0.4) is 0 Å². The molecule has 10 heteroatoms. The molecular weight excluding hydrogens is 302 g/mol. The van der Waals surface area contributed by atoms with E-state index in [-0.39, 0.29) is 29.4 Å². The van der Waals surface area contributed by atoms with E-state index in [0.29, 0.717) is 0 Å². The quantitative estimate of drug-likeness (QED) is 0.690. The highest BCUT2D eigenvalue weighted by atomic mass is 19.1. The van der Waals surface area contributed by atoms with Crippen LogP contribution in [0.1, 0.15) is 16.6 Å². The second-order valence-electron chi connectivity index (χ2n) is 4.38. The van der Waals surface area contributed by atoms with Crippen LogP contribution < -0.4 is 17.2 Å². The van der Waals surface area contributed by atoms with Gasteiger partial charge in [0.15, 0.2) is 6.23 Å². The minimum absolute atomic E-state index is 0.0402. The van der Waals surface area contributed by atoms with Crippen LogP contribution in [0, 0.1) is 0 Å². The number of nitrogens with two attached hydrogens (primary N) is 2. The van der Waals surface area contributed by atoms with E-state index < -0.39 is 36.4 Å². The van der Waals surface area contributed by atoms with Crippen LogP contribution in [-0.2, 0) is 4.74 Å². The van der Waals surface area contributed by atoms with Gasteiger partial charge in [-0.3, -0.25) is 9.36 Å². The standard InChI is InChI=1S/C12H12F2N4O4/c13-1-5-6(2-14)11(22-8(5)4-19)18-3-7(10(16)20)9(15)17-12(18)21/h1-3,8,11,19H,4H2,(H2,16,20)(H2,15,17,21)/b5-1+,6-2+. The summed E-state index contributed by atoms with van der Waals surface area (Å²) in [6, 6.07) is 0. The molecule has 1 fully saturated rings. The lowest BCUT2D eigenvalue weighted by Gasteiger charge is -2.15. The average Bonchev–Trinajstić information content (AvgIpc) is 2.84. The number of hydrogen-bond acceptors (Lipinski definition) is 6. The Morgan fingerprint density at radius 1 is 1.45 bits per heavy atom. The number of aliphatic hydroxyl groups is 1. The van der Waals surface area contributed by atoms with Crippen LogP contribution in [0.2, 0.25) is 0 Å². The van der Waals surface area contributed by atoms with Crippen molar-refractivity contribution in [3.8, 4) is 0 Å². The molecule has 2 heterocycles. The van der Waals surface area contributed by atoms with Gasteiger partial charge in [0.2, 0.25) is 0 Å². The minimum atomic E-state index is -1.41. The van der Waals surface area contributed by atoms with Crippen molar-refractivity contribution in [2.75, 3.05) is 12.3 Å². The molecule has 0 aliphatic carbocycles. The Hall–Kier alpha value is -2.59. The maximum Gasteiger partial charge on any atom is 0.351 e. The molecule has 118 valence electrons. The fraction of sp³-hybridized carbons (Fsp3) is 0.250. The number of aromatic nitrogens is 2. The zero-order chi connectivity index (χ0) is 16.4. The first kappa shape index (κ1) is 15.8. The Morgan fingerprint density at radius 2 is 2.09 bits per heavy atom. The lowest BCUT2D eigenvalue weighted by Crippen LogP contribution is -2.31. The summed E-state index contributed by atoms with van der Waals surface area (Å²) in [5.41, 5.74) is 8.66. The number of nitrogens with zero attached hydrogens (tertiary/aromatic N) is 2. The minimum Gasteiger partial charge on any atom is -0.393 e. The first-order valence-corrected chi connectivity index (χ1v) is 6.00. The molecule has 2 rings (SSSR count). The number of hydrogen-bond donors (Lipinski definition) is 3. The number of carbonyl (C=O) groups excluding carboxylic acids is 1. The highest BCUT2D eigenvalue weighted by molar-refractivity contribution is 5.96. The van der Waals surface area contributed by atoms with Crippen molar-refractivity contribution in [2.45, 2.75) is 12.3 Å². The molecule has 0 radical (unpaired) electrons. The maximum atomic E-state index is 13.1. The summed E-state index contributed by atoms with van der Waals surface area (Å²) in [7, 11) is 0. The van der Waals surface area contributed by atoms with Crippen molar-refractivity contribution in [2.24, 2.45) is 5.73 Å². The number of aliphatic hydroxyl groups excluding tert-OH is 1. The lowest BCUT2D eigenvalue weighted by molar-refractivity contribution is -0.00865. The molecule has 0 bridgehead atoms. The summed E-state index contributed by atoms with van der Waals surface area (Å²) in [6.07, 6.45) is -1.53. The number of anilines is 1. The van der Waals surface area contributed by atoms with Crippen LogP contribution in [0.25, 0.3) is 0 Å². The van der Waals surface area contributed by atoms with Crippen LogP contribution >= 0.6 is 0 Å². The molecule has 1 aliphatic rings. The van der Waals surface area contributed by atoms with Gasteiger partial charge >= 0.3 is 5.69 Å². The predicted octanol–water partition coefficient (Wildman–Crippen LogP) is -0.479. The smallest absolute Gasteiger partial charge is 0.351 e. The Morgan fingerprint density at radius 3 is 2.59 bits per heavy atom. The van der Waals surface area contributed by atoms with Gasteiger partial charge in [-0.25, -0.2) is 13.6 Å². The molecule has 0 saturated carbocycles. The van der Waals surface area contributed by atoms with Gasteiger partial charge in [-0.05, 0) is 0 Å². The van der Waals surface area contributed by atoms with Crippen LogP contribution in [-0.4, -0.2) is 33.3 Å². The van der Waals surface area contributed by atoms with Gasteiger partial charge in [-0.1, -0.05) is 0 Å². The second-order valence-corrected chi connectivity index (χ2v) is 4.38. The van der Waals surface area contributed by atoms with E-state index in [1.54, 1.807) is 0 Å². The number of nitrogen functional groups attached to an aromatic ring is 1. The molecule has 1 aliphatic heterocycles. The number of amides is 1. The molecule has 1 aromatic heterocycles. The first-order valence-electron chi connectivity index (χ1n) is 6.00. The maximum absolute atomic E-state index is 13.1. The summed E-state index contributed by atoms with van der Waals surface area (Å²) in [4.78, 5) is 26.5. The largest absolute Gasteiger partial charge is 0.393 e. The average molecular weight is 314 g/mol. The monoisotopic (exact) mass is 314 g/mol. The van der Waals surface area contributed by atoms with Crippen molar-refractivity contribution >= 4 is 11.7 Å². The molecule has 1 amide bonds. The Kier molecular flexibility index (Phi) is 4.33. The zero-order valence-electron chi connectivity index (χ0n) is 11.1. The van der Waals surface area contributed by atoms with Gasteiger partial charge in [-0.2, -0.15) is 4.98 Å². The zero-order valence-corrected chi connectivity index (χ0v) is 11.1. The Labute approximate surface area is 122 Å². The van der Waals surface area contributed by atoms with Crippen molar-refractivity contribution in [1.82, 2.24) is 9.55 Å². The van der Waals surface area contributed by atoms with E-state index in [9.17, 15) is 18.4 Å². The van der Waals surface area contributed by atoms with E-state index >= 15 is 0 Å². The third kappa shape index (κ3) is 2.49.